The normalized spacial score (nSPS) is 22.0. The predicted molar refractivity (Wildman–Crippen MR) is 101 cm³/mol. The van der Waals surface area contributed by atoms with Crippen molar-refractivity contribution in [1.82, 2.24) is 20.6 Å². The van der Waals surface area contributed by atoms with Crippen LogP contribution in [0.25, 0.3) is 6.08 Å². The summed E-state index contributed by atoms with van der Waals surface area (Å²) < 4.78 is 0. The molecule has 1 aromatic heterocycles. The topological polar surface area (TPSA) is 107 Å². The fourth-order valence-corrected chi connectivity index (χ4v) is 3.24. The molecule has 0 spiro atoms. The van der Waals surface area contributed by atoms with E-state index in [-0.39, 0.29) is 17.7 Å². The van der Waals surface area contributed by atoms with Gasteiger partial charge in [-0.3, -0.25) is 9.59 Å². The molecule has 1 aliphatic rings. The van der Waals surface area contributed by atoms with Crippen LogP contribution in [0, 0.1) is 5.92 Å². The van der Waals surface area contributed by atoms with Gasteiger partial charge in [0.2, 0.25) is 11.8 Å². The molecule has 142 valence electrons. The van der Waals surface area contributed by atoms with E-state index in [2.05, 4.69) is 20.6 Å². The van der Waals surface area contributed by atoms with E-state index in [0.717, 1.165) is 11.3 Å². The Balaban J connectivity index is 1.43. The van der Waals surface area contributed by atoms with Gasteiger partial charge in [-0.2, -0.15) is 0 Å². The van der Waals surface area contributed by atoms with Crippen molar-refractivity contribution < 1.29 is 14.7 Å². The first kappa shape index (κ1) is 18.8. The molecule has 3 atom stereocenters. The Bertz CT molecular complexity index is 774. The second-order valence-corrected chi connectivity index (χ2v) is 6.71. The summed E-state index contributed by atoms with van der Waals surface area (Å²) in [7, 11) is 0. The molecule has 4 N–H and O–H groups in total. The zero-order valence-corrected chi connectivity index (χ0v) is 15.0. The highest BCUT2D eigenvalue weighted by atomic mass is 16.3. The van der Waals surface area contributed by atoms with Gasteiger partial charge >= 0.3 is 0 Å². The lowest BCUT2D eigenvalue weighted by Gasteiger charge is -2.15. The Kier molecular flexibility index (Phi) is 6.38. The summed E-state index contributed by atoms with van der Waals surface area (Å²) in [5.41, 5.74) is 1.88. The van der Waals surface area contributed by atoms with Crippen LogP contribution in [-0.4, -0.2) is 45.6 Å². The number of amides is 2. The molecule has 1 fully saturated rings. The van der Waals surface area contributed by atoms with E-state index in [1.807, 2.05) is 30.3 Å². The van der Waals surface area contributed by atoms with Crippen LogP contribution in [-0.2, 0) is 16.0 Å². The van der Waals surface area contributed by atoms with Crippen LogP contribution in [0.15, 0.2) is 48.9 Å². The fourth-order valence-electron chi connectivity index (χ4n) is 3.24. The number of hydrogen-bond acceptors (Lipinski definition) is 4. The Hall–Kier alpha value is -2.93. The van der Waals surface area contributed by atoms with E-state index in [4.69, 9.17) is 0 Å². The van der Waals surface area contributed by atoms with Crippen molar-refractivity contribution in [2.24, 2.45) is 5.92 Å². The van der Waals surface area contributed by atoms with Crippen LogP contribution in [0.2, 0.25) is 0 Å². The Morgan fingerprint density at radius 1 is 1.26 bits per heavy atom. The number of H-pyrrole nitrogens is 1. The molecule has 0 unspecified atom stereocenters. The summed E-state index contributed by atoms with van der Waals surface area (Å²) in [6.45, 7) is 0.504. The van der Waals surface area contributed by atoms with Gasteiger partial charge in [-0.15, -0.1) is 0 Å². The smallest absolute Gasteiger partial charge is 0.244 e. The zero-order valence-electron chi connectivity index (χ0n) is 15.0. The van der Waals surface area contributed by atoms with Crippen molar-refractivity contribution in [2.75, 3.05) is 6.54 Å². The van der Waals surface area contributed by atoms with E-state index in [1.165, 1.54) is 6.08 Å². The van der Waals surface area contributed by atoms with Gasteiger partial charge in [0.15, 0.2) is 0 Å². The zero-order chi connectivity index (χ0) is 19.1. The van der Waals surface area contributed by atoms with Gasteiger partial charge < -0.3 is 20.7 Å². The number of aliphatic hydroxyl groups is 1. The van der Waals surface area contributed by atoms with E-state index in [1.54, 1.807) is 18.6 Å². The fraction of sp³-hybridized carbons (Fsp3) is 0.350. The number of carbonyl (C=O) groups excluding carboxylic acids is 2. The van der Waals surface area contributed by atoms with Crippen molar-refractivity contribution >= 4 is 17.9 Å². The lowest BCUT2D eigenvalue weighted by atomic mass is 10.1. The average molecular weight is 368 g/mol. The van der Waals surface area contributed by atoms with Gasteiger partial charge in [0, 0.05) is 36.9 Å². The minimum absolute atomic E-state index is 0.0925. The van der Waals surface area contributed by atoms with E-state index < -0.39 is 12.1 Å². The summed E-state index contributed by atoms with van der Waals surface area (Å²) in [5.74, 6) is -0.668. The van der Waals surface area contributed by atoms with Crippen molar-refractivity contribution in [3.05, 3.63) is 60.2 Å². The number of nitrogens with zero attached hydrogens (tertiary/aromatic N) is 1. The number of aromatic amines is 1. The molecule has 0 saturated heterocycles. The van der Waals surface area contributed by atoms with Crippen LogP contribution in [0.1, 0.15) is 24.1 Å². The van der Waals surface area contributed by atoms with Gasteiger partial charge in [-0.1, -0.05) is 30.3 Å². The second kappa shape index (κ2) is 9.14. The average Bonchev–Trinajstić information content (AvgIpc) is 3.31. The highest BCUT2D eigenvalue weighted by molar-refractivity contribution is 5.92. The minimum Gasteiger partial charge on any atom is -0.391 e. The van der Waals surface area contributed by atoms with Gasteiger partial charge in [0.05, 0.1) is 18.5 Å². The Labute approximate surface area is 157 Å². The molecule has 3 rings (SSSR count). The molecule has 0 aliphatic heterocycles. The maximum atomic E-state index is 12.3. The predicted octanol–water partition coefficient (Wildman–Crippen LogP) is 1.04. The monoisotopic (exact) mass is 368 g/mol. The molecule has 27 heavy (non-hydrogen) atoms. The Morgan fingerprint density at radius 2 is 2.07 bits per heavy atom. The van der Waals surface area contributed by atoms with Gasteiger partial charge in [-0.05, 0) is 24.5 Å². The van der Waals surface area contributed by atoms with Crippen LogP contribution in [0.5, 0.6) is 0 Å². The molecule has 0 bridgehead atoms. The van der Waals surface area contributed by atoms with E-state index >= 15 is 0 Å². The third-order valence-electron chi connectivity index (χ3n) is 4.70. The maximum Gasteiger partial charge on any atom is 0.244 e. The first-order valence-corrected chi connectivity index (χ1v) is 9.08. The quantitative estimate of drug-likeness (QED) is 0.548. The van der Waals surface area contributed by atoms with Crippen molar-refractivity contribution in [3.63, 3.8) is 0 Å². The molecular formula is C20H24N4O3. The summed E-state index contributed by atoms with van der Waals surface area (Å²) in [6, 6.07) is 9.09. The number of imidazole rings is 1. The number of aromatic nitrogens is 2. The molecule has 2 aromatic rings. The number of hydrogen-bond donors (Lipinski definition) is 4. The number of nitrogens with one attached hydrogen (secondary N) is 3. The molecule has 7 heteroatoms. The lowest BCUT2D eigenvalue weighted by Crippen LogP contribution is -2.39. The largest absolute Gasteiger partial charge is 0.391 e. The van der Waals surface area contributed by atoms with Gasteiger partial charge in [0.1, 0.15) is 0 Å². The number of carbonyl (C=O) groups is 2. The maximum absolute atomic E-state index is 12.3. The first-order valence-electron chi connectivity index (χ1n) is 9.08. The van der Waals surface area contributed by atoms with Gasteiger partial charge in [-0.25, -0.2) is 4.98 Å². The van der Waals surface area contributed by atoms with Crippen molar-refractivity contribution in [3.8, 4) is 0 Å². The van der Waals surface area contributed by atoms with Crippen molar-refractivity contribution in [1.29, 1.82) is 0 Å². The number of rotatable bonds is 7. The lowest BCUT2D eigenvalue weighted by molar-refractivity contribution is -0.125. The van der Waals surface area contributed by atoms with Crippen LogP contribution >= 0.6 is 0 Å². The van der Waals surface area contributed by atoms with Crippen LogP contribution in [0.3, 0.4) is 0 Å². The van der Waals surface area contributed by atoms with Crippen LogP contribution < -0.4 is 10.6 Å². The van der Waals surface area contributed by atoms with Crippen LogP contribution in [0.4, 0.5) is 0 Å². The summed E-state index contributed by atoms with van der Waals surface area (Å²) in [4.78, 5) is 31.3. The highest BCUT2D eigenvalue weighted by Gasteiger charge is 2.37. The Morgan fingerprint density at radius 3 is 2.81 bits per heavy atom. The number of benzene rings is 1. The first-order chi connectivity index (χ1) is 13.1. The highest BCUT2D eigenvalue weighted by Crippen LogP contribution is 2.26. The van der Waals surface area contributed by atoms with E-state index in [9.17, 15) is 14.7 Å². The SMILES string of the molecule is O=C(/C=C/c1ccccc1)N[C@@H]1C[C@H](C(=O)NCCc2cnc[nH]2)C[C@H]1O. The summed E-state index contributed by atoms with van der Waals surface area (Å²) in [5, 5.41) is 15.9. The molecule has 1 heterocycles. The summed E-state index contributed by atoms with van der Waals surface area (Å²) >= 11 is 0. The molecule has 1 aliphatic carbocycles. The third kappa shape index (κ3) is 5.52. The molecule has 7 nitrogen and oxygen atoms in total. The molecular weight excluding hydrogens is 344 g/mol. The second-order valence-electron chi connectivity index (χ2n) is 6.71. The molecule has 0 radical (unpaired) electrons. The molecule has 1 aromatic carbocycles. The third-order valence-corrected chi connectivity index (χ3v) is 4.70. The standard InChI is InChI=1S/C20H24N4O3/c25-18-11-15(20(27)22-9-8-16-12-21-13-23-16)10-17(18)24-19(26)7-6-14-4-2-1-3-5-14/h1-7,12-13,15,17-18,25H,8-11H2,(H,21,23)(H,22,27)(H,24,26)/b7-6+/t15-,17+,18+/m0/s1. The molecule has 2 amide bonds. The van der Waals surface area contributed by atoms with E-state index in [0.29, 0.717) is 25.8 Å². The van der Waals surface area contributed by atoms with Crippen molar-refractivity contribution in [2.45, 2.75) is 31.4 Å². The number of aliphatic hydroxyl groups excluding tert-OH is 1. The molecule has 1 saturated carbocycles. The summed E-state index contributed by atoms with van der Waals surface area (Å²) in [6.07, 6.45) is 7.22. The minimum atomic E-state index is -0.720. The van der Waals surface area contributed by atoms with Gasteiger partial charge in [0.25, 0.3) is 0 Å².